The summed E-state index contributed by atoms with van der Waals surface area (Å²) in [6, 6.07) is 7.91. The molecule has 2 unspecified atom stereocenters. The van der Waals surface area contributed by atoms with Crippen molar-refractivity contribution in [1.82, 2.24) is 0 Å². The Balaban J connectivity index is 2.10. The van der Waals surface area contributed by atoms with Crippen LogP contribution in [0.3, 0.4) is 0 Å². The van der Waals surface area contributed by atoms with Gasteiger partial charge in [0.05, 0.1) is 0 Å². The maximum absolute atomic E-state index is 11.1. The summed E-state index contributed by atoms with van der Waals surface area (Å²) < 4.78 is 5.47. The van der Waals surface area contributed by atoms with Crippen molar-refractivity contribution in [1.29, 1.82) is 0 Å². The molecule has 2 aliphatic rings. The first-order chi connectivity index (χ1) is 5.86. The van der Waals surface area contributed by atoms with Gasteiger partial charge in [-0.15, -0.1) is 0 Å². The van der Waals surface area contributed by atoms with Gasteiger partial charge in [-0.1, -0.05) is 18.2 Å². The molecule has 1 aromatic carbocycles. The van der Waals surface area contributed by atoms with Gasteiger partial charge in [0.15, 0.2) is 11.9 Å². The van der Waals surface area contributed by atoms with E-state index in [0.29, 0.717) is 12.3 Å². The summed E-state index contributed by atoms with van der Waals surface area (Å²) in [5.41, 5.74) is 1.21. The quantitative estimate of drug-likeness (QED) is 0.575. The first-order valence-electron chi connectivity index (χ1n) is 4.14. The number of rotatable bonds is 0. The van der Waals surface area contributed by atoms with Crippen LogP contribution in [0, 0.1) is 0 Å². The summed E-state index contributed by atoms with van der Waals surface area (Å²) >= 11 is 0. The van der Waals surface area contributed by atoms with Crippen molar-refractivity contribution in [2.24, 2.45) is 0 Å². The van der Waals surface area contributed by atoms with E-state index < -0.39 is 0 Å². The maximum Gasteiger partial charge on any atom is 0.174 e. The molecular formula is C10H8O2. The minimum absolute atomic E-state index is 0.151. The molecule has 0 saturated heterocycles. The minimum atomic E-state index is -0.151. The lowest BCUT2D eigenvalue weighted by Gasteiger charge is -2.26. The van der Waals surface area contributed by atoms with Crippen molar-refractivity contribution in [2.45, 2.75) is 18.4 Å². The van der Waals surface area contributed by atoms with Gasteiger partial charge in [-0.3, -0.25) is 4.79 Å². The van der Waals surface area contributed by atoms with E-state index in [-0.39, 0.29) is 11.9 Å². The van der Waals surface area contributed by atoms with Crippen LogP contribution in [0.15, 0.2) is 24.3 Å². The van der Waals surface area contributed by atoms with Crippen LogP contribution in [0.1, 0.15) is 17.9 Å². The Morgan fingerprint density at radius 2 is 2.17 bits per heavy atom. The second kappa shape index (κ2) is 1.89. The van der Waals surface area contributed by atoms with E-state index in [9.17, 15) is 4.79 Å². The number of hydrogen-bond acceptors (Lipinski definition) is 2. The molecule has 0 radical (unpaired) electrons. The summed E-state index contributed by atoms with van der Waals surface area (Å²) in [7, 11) is 0. The molecule has 0 bridgehead atoms. The van der Waals surface area contributed by atoms with E-state index in [0.717, 1.165) is 5.75 Å². The number of para-hydroxylation sites is 1. The van der Waals surface area contributed by atoms with Crippen LogP contribution in [0.5, 0.6) is 5.75 Å². The second-order valence-corrected chi connectivity index (χ2v) is 3.35. The third-order valence-electron chi connectivity index (χ3n) is 2.68. The monoisotopic (exact) mass is 160 g/mol. The molecule has 1 fully saturated rings. The van der Waals surface area contributed by atoms with Crippen molar-refractivity contribution in [3.05, 3.63) is 29.8 Å². The highest BCUT2D eigenvalue weighted by atomic mass is 16.5. The Morgan fingerprint density at radius 1 is 1.33 bits per heavy atom. The van der Waals surface area contributed by atoms with E-state index in [1.165, 1.54) is 5.56 Å². The Bertz CT molecular complexity index is 357. The van der Waals surface area contributed by atoms with Gasteiger partial charge in [-0.2, -0.15) is 0 Å². The number of ketones is 1. The molecule has 12 heavy (non-hydrogen) atoms. The number of carbonyl (C=O) groups excluding carboxylic acids is 1. The predicted molar refractivity (Wildman–Crippen MR) is 43.2 cm³/mol. The summed E-state index contributed by atoms with van der Waals surface area (Å²) in [6.45, 7) is 0. The van der Waals surface area contributed by atoms with Crippen molar-refractivity contribution in [3.63, 3.8) is 0 Å². The van der Waals surface area contributed by atoms with E-state index in [2.05, 4.69) is 0 Å². The molecule has 0 aromatic heterocycles. The van der Waals surface area contributed by atoms with Gasteiger partial charge in [-0.05, 0) is 6.07 Å². The fourth-order valence-electron chi connectivity index (χ4n) is 1.96. The van der Waals surface area contributed by atoms with E-state index >= 15 is 0 Å². The predicted octanol–water partition coefficient (Wildman–Crippen LogP) is 1.50. The number of fused-ring (bicyclic) bond motifs is 3. The third kappa shape index (κ3) is 0.583. The lowest BCUT2D eigenvalue weighted by molar-refractivity contribution is -0.133. The average molecular weight is 160 g/mol. The van der Waals surface area contributed by atoms with Crippen molar-refractivity contribution < 1.29 is 9.53 Å². The van der Waals surface area contributed by atoms with Crippen LogP contribution in [0.4, 0.5) is 0 Å². The van der Waals surface area contributed by atoms with Crippen LogP contribution < -0.4 is 4.74 Å². The Morgan fingerprint density at radius 3 is 3.00 bits per heavy atom. The maximum atomic E-state index is 11.1. The molecule has 2 heteroatoms. The van der Waals surface area contributed by atoms with E-state index in [1.807, 2.05) is 24.3 Å². The molecule has 1 aromatic rings. The fourth-order valence-corrected chi connectivity index (χ4v) is 1.96. The molecule has 3 rings (SSSR count). The SMILES string of the molecule is O=C1CC2c3ccccc3OC12. The van der Waals surface area contributed by atoms with Gasteiger partial charge in [0, 0.05) is 17.9 Å². The smallest absolute Gasteiger partial charge is 0.174 e. The van der Waals surface area contributed by atoms with Crippen LogP contribution in [-0.4, -0.2) is 11.9 Å². The van der Waals surface area contributed by atoms with E-state index in [4.69, 9.17) is 4.74 Å². The highest BCUT2D eigenvalue weighted by Gasteiger charge is 2.48. The molecule has 1 aliphatic carbocycles. The molecule has 60 valence electrons. The van der Waals surface area contributed by atoms with Gasteiger partial charge in [0.1, 0.15) is 5.75 Å². The molecule has 2 atom stereocenters. The minimum Gasteiger partial charge on any atom is -0.482 e. The van der Waals surface area contributed by atoms with Gasteiger partial charge in [0.2, 0.25) is 0 Å². The van der Waals surface area contributed by atoms with Crippen molar-refractivity contribution in [2.75, 3.05) is 0 Å². The van der Waals surface area contributed by atoms with Crippen molar-refractivity contribution >= 4 is 5.78 Å². The zero-order chi connectivity index (χ0) is 8.13. The normalized spacial score (nSPS) is 30.2. The molecular weight excluding hydrogens is 152 g/mol. The molecule has 0 amide bonds. The second-order valence-electron chi connectivity index (χ2n) is 3.35. The van der Waals surface area contributed by atoms with Crippen LogP contribution in [0.2, 0.25) is 0 Å². The Labute approximate surface area is 70.2 Å². The molecule has 0 spiro atoms. The number of ether oxygens (including phenoxy) is 1. The van der Waals surface area contributed by atoms with Gasteiger partial charge in [0.25, 0.3) is 0 Å². The summed E-state index contributed by atoms with van der Waals surface area (Å²) in [5, 5.41) is 0. The van der Waals surface area contributed by atoms with Gasteiger partial charge in [-0.25, -0.2) is 0 Å². The Hall–Kier alpha value is -1.31. The number of hydrogen-bond donors (Lipinski definition) is 0. The number of benzene rings is 1. The van der Waals surface area contributed by atoms with Gasteiger partial charge >= 0.3 is 0 Å². The first-order valence-corrected chi connectivity index (χ1v) is 4.14. The molecule has 2 nitrogen and oxygen atoms in total. The highest BCUT2D eigenvalue weighted by molar-refractivity contribution is 5.93. The highest BCUT2D eigenvalue weighted by Crippen LogP contribution is 2.46. The zero-order valence-electron chi connectivity index (χ0n) is 6.49. The van der Waals surface area contributed by atoms with Crippen LogP contribution in [0.25, 0.3) is 0 Å². The Kier molecular flexibility index (Phi) is 0.980. The molecule has 1 saturated carbocycles. The topological polar surface area (TPSA) is 26.3 Å². The van der Waals surface area contributed by atoms with Crippen molar-refractivity contribution in [3.8, 4) is 5.75 Å². The summed E-state index contributed by atoms with van der Waals surface area (Å²) in [6.07, 6.45) is 0.518. The fraction of sp³-hybridized carbons (Fsp3) is 0.300. The van der Waals surface area contributed by atoms with E-state index in [1.54, 1.807) is 0 Å². The third-order valence-corrected chi connectivity index (χ3v) is 2.68. The number of Topliss-reactive ketones (excluding diaryl/α,β-unsaturated/α-hetero) is 1. The lowest BCUT2D eigenvalue weighted by Crippen LogP contribution is -2.40. The largest absolute Gasteiger partial charge is 0.482 e. The summed E-state index contributed by atoms with van der Waals surface area (Å²) in [5.74, 6) is 1.50. The first kappa shape index (κ1) is 6.23. The number of carbonyl (C=O) groups is 1. The average Bonchev–Trinajstić information content (AvgIpc) is 2.39. The molecule has 1 heterocycles. The van der Waals surface area contributed by atoms with Crippen LogP contribution in [-0.2, 0) is 4.79 Å². The lowest BCUT2D eigenvalue weighted by atomic mass is 9.78. The molecule has 1 aliphatic heterocycles. The zero-order valence-corrected chi connectivity index (χ0v) is 6.49. The standard InChI is InChI=1S/C10H8O2/c11-8-5-7-6-3-1-2-4-9(6)12-10(7)8/h1-4,7,10H,5H2. The van der Waals surface area contributed by atoms with Crippen LogP contribution >= 0.6 is 0 Å². The summed E-state index contributed by atoms with van der Waals surface area (Å²) in [4.78, 5) is 11.1. The van der Waals surface area contributed by atoms with Gasteiger partial charge < -0.3 is 4.74 Å². The molecule has 0 N–H and O–H groups in total.